The Balaban J connectivity index is 2.25. The maximum Gasteiger partial charge on any atom is 0.259 e. The second kappa shape index (κ2) is 5.76. The maximum atomic E-state index is 13.8. The molecule has 1 amide bonds. The number of rotatable bonds is 3. The standard InChI is InChI=1S/C14H11FN2O3S/c15-10-5-7(13(16)21)1-4-11(10)17-14(20)9-3-2-8(18)6-12(9)19/h1-6,18-19H,(H2,16,21)(H,17,20). The summed E-state index contributed by atoms with van der Waals surface area (Å²) in [7, 11) is 0. The molecule has 0 atom stereocenters. The average Bonchev–Trinajstić information content (AvgIpc) is 2.40. The Morgan fingerprint density at radius 1 is 1.19 bits per heavy atom. The van der Waals surface area contributed by atoms with Crippen LogP contribution in [-0.2, 0) is 0 Å². The number of benzene rings is 2. The van der Waals surface area contributed by atoms with Crippen molar-refractivity contribution in [3.8, 4) is 11.5 Å². The first kappa shape index (κ1) is 14.7. The van der Waals surface area contributed by atoms with Gasteiger partial charge in [-0.25, -0.2) is 4.39 Å². The van der Waals surface area contributed by atoms with Gasteiger partial charge in [0.1, 0.15) is 22.3 Å². The normalized spacial score (nSPS) is 10.1. The van der Waals surface area contributed by atoms with Crippen LogP contribution < -0.4 is 11.1 Å². The number of thiocarbonyl (C=S) groups is 1. The summed E-state index contributed by atoms with van der Waals surface area (Å²) in [4.78, 5) is 12.0. The SMILES string of the molecule is NC(=S)c1ccc(NC(=O)c2ccc(O)cc2O)c(F)c1. The van der Waals surface area contributed by atoms with E-state index in [-0.39, 0.29) is 22.0 Å². The molecule has 0 aliphatic heterocycles. The molecule has 2 rings (SSSR count). The van der Waals surface area contributed by atoms with Crippen molar-refractivity contribution >= 4 is 28.8 Å². The summed E-state index contributed by atoms with van der Waals surface area (Å²) in [6, 6.07) is 7.37. The lowest BCUT2D eigenvalue weighted by atomic mass is 10.1. The molecule has 108 valence electrons. The molecular weight excluding hydrogens is 295 g/mol. The quantitative estimate of drug-likeness (QED) is 0.652. The maximum absolute atomic E-state index is 13.8. The van der Waals surface area contributed by atoms with Crippen molar-refractivity contribution in [2.24, 2.45) is 5.73 Å². The molecule has 0 aliphatic rings. The van der Waals surface area contributed by atoms with Gasteiger partial charge in [0.15, 0.2) is 0 Å². The number of carbonyl (C=O) groups excluding carboxylic acids is 1. The molecule has 0 saturated heterocycles. The van der Waals surface area contributed by atoms with Crippen LogP contribution in [0.2, 0.25) is 0 Å². The van der Waals surface area contributed by atoms with Crippen LogP contribution in [0, 0.1) is 5.82 Å². The van der Waals surface area contributed by atoms with E-state index in [0.29, 0.717) is 5.56 Å². The number of hydrogen-bond donors (Lipinski definition) is 4. The molecule has 5 N–H and O–H groups in total. The fourth-order valence-corrected chi connectivity index (χ4v) is 1.80. The van der Waals surface area contributed by atoms with Crippen LogP contribution in [-0.4, -0.2) is 21.1 Å². The van der Waals surface area contributed by atoms with E-state index >= 15 is 0 Å². The minimum Gasteiger partial charge on any atom is -0.508 e. The van der Waals surface area contributed by atoms with Gasteiger partial charge >= 0.3 is 0 Å². The highest BCUT2D eigenvalue weighted by Crippen LogP contribution is 2.24. The average molecular weight is 306 g/mol. The third-order valence-corrected chi connectivity index (χ3v) is 2.96. The lowest BCUT2D eigenvalue weighted by Crippen LogP contribution is -2.14. The smallest absolute Gasteiger partial charge is 0.259 e. The number of halogens is 1. The molecule has 0 spiro atoms. The fraction of sp³-hybridized carbons (Fsp3) is 0. The molecule has 2 aromatic carbocycles. The molecule has 21 heavy (non-hydrogen) atoms. The van der Waals surface area contributed by atoms with Crippen LogP contribution in [0.1, 0.15) is 15.9 Å². The lowest BCUT2D eigenvalue weighted by Gasteiger charge is -2.09. The van der Waals surface area contributed by atoms with E-state index in [2.05, 4.69) is 5.32 Å². The first-order valence-electron chi connectivity index (χ1n) is 5.81. The number of nitrogens with one attached hydrogen (secondary N) is 1. The highest BCUT2D eigenvalue weighted by molar-refractivity contribution is 7.80. The molecule has 7 heteroatoms. The summed E-state index contributed by atoms with van der Waals surface area (Å²) in [6.45, 7) is 0. The molecule has 0 aromatic heterocycles. The Kier molecular flexibility index (Phi) is 4.04. The van der Waals surface area contributed by atoms with Gasteiger partial charge in [-0.1, -0.05) is 12.2 Å². The van der Waals surface area contributed by atoms with Gasteiger partial charge in [0, 0.05) is 11.6 Å². The number of nitrogens with two attached hydrogens (primary N) is 1. The predicted molar refractivity (Wildman–Crippen MR) is 80.0 cm³/mol. The second-order valence-electron chi connectivity index (χ2n) is 4.21. The summed E-state index contributed by atoms with van der Waals surface area (Å²) in [5.41, 5.74) is 5.55. The van der Waals surface area contributed by atoms with E-state index in [1.165, 1.54) is 24.3 Å². The topological polar surface area (TPSA) is 95.6 Å². The number of hydrogen-bond acceptors (Lipinski definition) is 4. The highest BCUT2D eigenvalue weighted by atomic mass is 32.1. The summed E-state index contributed by atoms with van der Waals surface area (Å²) >= 11 is 4.73. The van der Waals surface area contributed by atoms with Crippen LogP contribution in [0.5, 0.6) is 11.5 Å². The molecule has 0 fully saturated rings. The number of amides is 1. The van der Waals surface area contributed by atoms with Crippen molar-refractivity contribution in [3.63, 3.8) is 0 Å². The van der Waals surface area contributed by atoms with Crippen LogP contribution >= 0.6 is 12.2 Å². The van der Waals surface area contributed by atoms with Crippen molar-refractivity contribution in [1.82, 2.24) is 0 Å². The molecule has 0 bridgehead atoms. The number of aromatic hydroxyl groups is 2. The van der Waals surface area contributed by atoms with E-state index in [1.807, 2.05) is 0 Å². The van der Waals surface area contributed by atoms with Crippen LogP contribution in [0.4, 0.5) is 10.1 Å². The van der Waals surface area contributed by atoms with Gasteiger partial charge < -0.3 is 21.3 Å². The largest absolute Gasteiger partial charge is 0.508 e. The number of carbonyl (C=O) groups is 1. The van der Waals surface area contributed by atoms with Gasteiger partial charge in [0.05, 0.1) is 11.3 Å². The van der Waals surface area contributed by atoms with Gasteiger partial charge in [-0.2, -0.15) is 0 Å². The van der Waals surface area contributed by atoms with Crippen molar-refractivity contribution < 1.29 is 19.4 Å². The Labute approximate surface area is 124 Å². The molecule has 0 heterocycles. The molecule has 2 aromatic rings. The number of phenols is 2. The minimum atomic E-state index is -0.713. The van der Waals surface area contributed by atoms with E-state index in [9.17, 15) is 14.3 Å². The van der Waals surface area contributed by atoms with Crippen LogP contribution in [0.15, 0.2) is 36.4 Å². The summed E-state index contributed by atoms with van der Waals surface area (Å²) < 4.78 is 13.8. The van der Waals surface area contributed by atoms with Gasteiger partial charge in [0.25, 0.3) is 5.91 Å². The van der Waals surface area contributed by atoms with Gasteiger partial charge in [-0.05, 0) is 30.3 Å². The predicted octanol–water partition coefficient (Wildman–Crippen LogP) is 2.12. The van der Waals surface area contributed by atoms with Crippen molar-refractivity contribution in [2.75, 3.05) is 5.32 Å². The highest BCUT2D eigenvalue weighted by Gasteiger charge is 2.14. The zero-order chi connectivity index (χ0) is 15.6. The number of anilines is 1. The van der Waals surface area contributed by atoms with Gasteiger partial charge in [-0.3, -0.25) is 4.79 Å². The molecule has 0 aliphatic carbocycles. The van der Waals surface area contributed by atoms with E-state index in [0.717, 1.165) is 12.1 Å². The second-order valence-corrected chi connectivity index (χ2v) is 4.65. The Hall–Kier alpha value is -2.67. The summed E-state index contributed by atoms with van der Waals surface area (Å²) in [6.07, 6.45) is 0. The molecule has 0 unspecified atom stereocenters. The van der Waals surface area contributed by atoms with Crippen molar-refractivity contribution in [2.45, 2.75) is 0 Å². The Morgan fingerprint density at radius 3 is 2.48 bits per heavy atom. The lowest BCUT2D eigenvalue weighted by molar-refractivity contribution is 0.102. The zero-order valence-electron chi connectivity index (χ0n) is 10.6. The first-order valence-corrected chi connectivity index (χ1v) is 6.22. The van der Waals surface area contributed by atoms with E-state index < -0.39 is 17.5 Å². The van der Waals surface area contributed by atoms with Crippen molar-refractivity contribution in [3.05, 3.63) is 53.3 Å². The summed E-state index contributed by atoms with van der Waals surface area (Å²) in [5, 5.41) is 21.1. The van der Waals surface area contributed by atoms with Crippen LogP contribution in [0.3, 0.4) is 0 Å². The molecule has 5 nitrogen and oxygen atoms in total. The molecular formula is C14H11FN2O3S. The molecule has 0 saturated carbocycles. The van der Waals surface area contributed by atoms with Gasteiger partial charge in [-0.15, -0.1) is 0 Å². The van der Waals surface area contributed by atoms with E-state index in [1.54, 1.807) is 0 Å². The Bertz CT molecular complexity index is 734. The monoisotopic (exact) mass is 306 g/mol. The minimum absolute atomic E-state index is 0.0444. The summed E-state index contributed by atoms with van der Waals surface area (Å²) in [5.74, 6) is -2.01. The third-order valence-electron chi connectivity index (χ3n) is 2.73. The fourth-order valence-electron chi connectivity index (χ4n) is 1.67. The Morgan fingerprint density at radius 2 is 1.90 bits per heavy atom. The third kappa shape index (κ3) is 3.26. The first-order chi connectivity index (χ1) is 9.88. The van der Waals surface area contributed by atoms with Crippen molar-refractivity contribution in [1.29, 1.82) is 0 Å². The van der Waals surface area contributed by atoms with E-state index in [4.69, 9.17) is 23.1 Å². The van der Waals surface area contributed by atoms with Crippen LogP contribution in [0.25, 0.3) is 0 Å². The zero-order valence-corrected chi connectivity index (χ0v) is 11.4. The number of phenolic OH excluding ortho intramolecular Hbond substituents is 2. The van der Waals surface area contributed by atoms with Gasteiger partial charge in [0.2, 0.25) is 0 Å². The molecule has 0 radical (unpaired) electrons.